The summed E-state index contributed by atoms with van der Waals surface area (Å²) in [5.41, 5.74) is 0. The van der Waals surface area contributed by atoms with Crippen LogP contribution >= 0.6 is 0 Å². The van der Waals surface area contributed by atoms with Crippen LogP contribution in [0.5, 0.6) is 0 Å². The molecule has 0 unspecified atom stereocenters. The lowest BCUT2D eigenvalue weighted by molar-refractivity contribution is -0.135. The third-order valence-electron chi connectivity index (χ3n) is 1.30. The summed E-state index contributed by atoms with van der Waals surface area (Å²) in [5.74, 6) is -2.44. The molecule has 0 spiro atoms. The second-order valence-corrected chi connectivity index (χ2v) is 2.77. The highest BCUT2D eigenvalue weighted by molar-refractivity contribution is 5.91. The zero-order valence-electron chi connectivity index (χ0n) is 7.52. The van der Waals surface area contributed by atoms with Crippen molar-refractivity contribution in [2.45, 2.75) is 13.8 Å². The van der Waals surface area contributed by atoms with Crippen molar-refractivity contribution in [1.82, 2.24) is 0 Å². The van der Waals surface area contributed by atoms with E-state index in [1.807, 2.05) is 0 Å². The first-order valence-electron chi connectivity index (χ1n) is 3.79. The van der Waals surface area contributed by atoms with Crippen LogP contribution in [-0.4, -0.2) is 22.0 Å². The summed E-state index contributed by atoms with van der Waals surface area (Å²) >= 11 is 0. The number of carboxylic acids is 1. The number of hydrogen-bond acceptors (Lipinski definition) is 3. The Labute approximate surface area is 76.2 Å². The van der Waals surface area contributed by atoms with E-state index < -0.39 is 11.7 Å². The average Bonchev–Trinajstić information content (AvgIpc) is 2.03. The van der Waals surface area contributed by atoms with Gasteiger partial charge in [-0.15, -0.1) is 0 Å². The van der Waals surface area contributed by atoms with Gasteiger partial charge < -0.3 is 10.2 Å². The number of rotatable bonds is 4. The predicted molar refractivity (Wildman–Crippen MR) is 47.3 cm³/mol. The first-order valence-corrected chi connectivity index (χ1v) is 3.79. The largest absolute Gasteiger partial charge is 0.502 e. The number of carboxylic acid groups (broad SMARTS) is 1. The molecule has 0 aliphatic rings. The van der Waals surface area contributed by atoms with Gasteiger partial charge in [0.05, 0.1) is 0 Å². The molecule has 0 aromatic rings. The fraction of sp³-hybridized carbons (Fsp3) is 0.333. The Morgan fingerprint density at radius 1 is 1.23 bits per heavy atom. The van der Waals surface area contributed by atoms with Crippen LogP contribution in [0.1, 0.15) is 13.8 Å². The van der Waals surface area contributed by atoms with Crippen LogP contribution in [0.15, 0.2) is 24.0 Å². The molecule has 0 aliphatic carbocycles. The van der Waals surface area contributed by atoms with Crippen molar-refractivity contribution in [3.05, 3.63) is 24.0 Å². The number of carbonyl (C=O) groups excluding carboxylic acids is 1. The Balaban J connectivity index is 4.23. The molecule has 0 saturated carbocycles. The highest BCUT2D eigenvalue weighted by Gasteiger charge is 2.02. The molecule has 0 saturated heterocycles. The van der Waals surface area contributed by atoms with Gasteiger partial charge in [0.15, 0.2) is 5.78 Å². The van der Waals surface area contributed by atoms with Gasteiger partial charge in [0.1, 0.15) is 0 Å². The molecule has 0 aromatic heterocycles. The SMILES string of the molecule is CC(C)C(=O)/C=C/C=C(\O)C(=O)O. The Morgan fingerprint density at radius 2 is 1.77 bits per heavy atom. The first-order chi connectivity index (χ1) is 5.95. The van der Waals surface area contributed by atoms with Gasteiger partial charge in [0.2, 0.25) is 5.76 Å². The van der Waals surface area contributed by atoms with Crippen LogP contribution in [0.4, 0.5) is 0 Å². The Morgan fingerprint density at radius 3 is 2.15 bits per heavy atom. The lowest BCUT2D eigenvalue weighted by Gasteiger charge is -1.94. The van der Waals surface area contributed by atoms with E-state index in [9.17, 15) is 9.59 Å². The van der Waals surface area contributed by atoms with Gasteiger partial charge in [-0.3, -0.25) is 4.79 Å². The number of aliphatic carboxylic acids is 1. The van der Waals surface area contributed by atoms with Crippen LogP contribution in [-0.2, 0) is 9.59 Å². The van der Waals surface area contributed by atoms with Crippen molar-refractivity contribution in [2.24, 2.45) is 5.92 Å². The van der Waals surface area contributed by atoms with Gasteiger partial charge in [-0.05, 0) is 12.2 Å². The fourth-order valence-electron chi connectivity index (χ4n) is 0.498. The lowest BCUT2D eigenvalue weighted by atomic mass is 10.1. The Hall–Kier alpha value is -1.58. The molecule has 2 N–H and O–H groups in total. The van der Waals surface area contributed by atoms with Gasteiger partial charge in [-0.1, -0.05) is 19.9 Å². The molecule has 0 radical (unpaired) electrons. The summed E-state index contributed by atoms with van der Waals surface area (Å²) in [4.78, 5) is 21.0. The Bertz CT molecular complexity index is 261. The molecule has 4 heteroatoms. The van der Waals surface area contributed by atoms with E-state index in [1.54, 1.807) is 13.8 Å². The number of ketones is 1. The monoisotopic (exact) mass is 184 g/mol. The van der Waals surface area contributed by atoms with Crippen molar-refractivity contribution in [3.8, 4) is 0 Å². The second-order valence-electron chi connectivity index (χ2n) is 2.77. The van der Waals surface area contributed by atoms with Gasteiger partial charge in [0, 0.05) is 5.92 Å². The van der Waals surface area contributed by atoms with Crippen molar-refractivity contribution in [2.75, 3.05) is 0 Å². The van der Waals surface area contributed by atoms with Gasteiger partial charge >= 0.3 is 5.97 Å². The summed E-state index contributed by atoms with van der Waals surface area (Å²) in [7, 11) is 0. The number of hydrogen-bond donors (Lipinski definition) is 2. The van der Waals surface area contributed by atoms with Gasteiger partial charge in [-0.25, -0.2) is 4.79 Å². The van der Waals surface area contributed by atoms with Crippen LogP contribution < -0.4 is 0 Å². The molecule has 0 rings (SSSR count). The van der Waals surface area contributed by atoms with Crippen LogP contribution in [0.2, 0.25) is 0 Å². The molecule has 0 amide bonds. The summed E-state index contributed by atoms with van der Waals surface area (Å²) in [6.07, 6.45) is 3.40. The molecule has 0 bridgehead atoms. The standard InChI is InChI=1S/C9H12O4/c1-6(2)7(10)4-3-5-8(11)9(12)13/h3-6,11H,1-2H3,(H,12,13)/b4-3+,8-5-. The maximum absolute atomic E-state index is 10.9. The zero-order valence-corrected chi connectivity index (χ0v) is 7.52. The number of aliphatic hydroxyl groups is 1. The minimum absolute atomic E-state index is 0.116. The van der Waals surface area contributed by atoms with E-state index in [4.69, 9.17) is 10.2 Å². The molecule has 0 heterocycles. The van der Waals surface area contributed by atoms with Crippen LogP contribution in [0, 0.1) is 5.92 Å². The smallest absolute Gasteiger partial charge is 0.370 e. The number of aliphatic hydroxyl groups excluding tert-OH is 1. The first kappa shape index (κ1) is 11.4. The third kappa shape index (κ3) is 4.79. The van der Waals surface area contributed by atoms with E-state index in [1.165, 1.54) is 12.2 Å². The number of allylic oxidation sites excluding steroid dienone is 3. The third-order valence-corrected chi connectivity index (χ3v) is 1.30. The quantitative estimate of drug-likeness (QED) is 0.392. The van der Waals surface area contributed by atoms with Gasteiger partial charge in [0.25, 0.3) is 0 Å². The van der Waals surface area contributed by atoms with E-state index in [-0.39, 0.29) is 11.7 Å². The van der Waals surface area contributed by atoms with E-state index in [0.717, 1.165) is 6.08 Å². The predicted octanol–water partition coefficient (Wildman–Crippen LogP) is 1.29. The molecular weight excluding hydrogens is 172 g/mol. The average molecular weight is 184 g/mol. The summed E-state index contributed by atoms with van der Waals surface area (Å²) in [6, 6.07) is 0. The maximum atomic E-state index is 10.9. The lowest BCUT2D eigenvalue weighted by Crippen LogP contribution is -2.02. The van der Waals surface area contributed by atoms with E-state index >= 15 is 0 Å². The minimum atomic E-state index is -1.42. The summed E-state index contributed by atoms with van der Waals surface area (Å²) < 4.78 is 0. The fourth-order valence-corrected chi connectivity index (χ4v) is 0.498. The molecule has 13 heavy (non-hydrogen) atoms. The number of carbonyl (C=O) groups is 2. The highest BCUT2D eigenvalue weighted by Crippen LogP contribution is 1.96. The van der Waals surface area contributed by atoms with E-state index in [2.05, 4.69) is 0 Å². The van der Waals surface area contributed by atoms with Crippen molar-refractivity contribution in [1.29, 1.82) is 0 Å². The Kier molecular flexibility index (Phi) is 4.51. The molecule has 72 valence electrons. The molecule has 4 nitrogen and oxygen atoms in total. The highest BCUT2D eigenvalue weighted by atomic mass is 16.4. The van der Waals surface area contributed by atoms with Crippen LogP contribution in [0.25, 0.3) is 0 Å². The second kappa shape index (κ2) is 5.13. The molecule has 0 aromatic carbocycles. The zero-order chi connectivity index (χ0) is 10.4. The summed E-state index contributed by atoms with van der Waals surface area (Å²) in [6.45, 7) is 3.46. The van der Waals surface area contributed by atoms with Crippen molar-refractivity contribution in [3.63, 3.8) is 0 Å². The maximum Gasteiger partial charge on any atom is 0.370 e. The molecule has 0 fully saturated rings. The van der Waals surface area contributed by atoms with Crippen molar-refractivity contribution >= 4 is 11.8 Å². The molecular formula is C9H12O4. The topological polar surface area (TPSA) is 74.6 Å². The molecule has 0 aliphatic heterocycles. The van der Waals surface area contributed by atoms with E-state index in [0.29, 0.717) is 0 Å². The van der Waals surface area contributed by atoms with Crippen LogP contribution in [0.3, 0.4) is 0 Å². The normalized spacial score (nSPS) is 12.4. The van der Waals surface area contributed by atoms with Crippen molar-refractivity contribution < 1.29 is 19.8 Å². The molecule has 0 atom stereocenters. The van der Waals surface area contributed by atoms with Gasteiger partial charge in [-0.2, -0.15) is 0 Å². The minimum Gasteiger partial charge on any atom is -0.502 e. The summed E-state index contributed by atoms with van der Waals surface area (Å²) in [5, 5.41) is 16.9.